The zero-order valence-electron chi connectivity index (χ0n) is 5.96. The molecule has 0 unspecified atom stereocenters. The van der Waals surface area contributed by atoms with E-state index < -0.39 is 0 Å². The average molecular weight is 264 g/mol. The lowest BCUT2D eigenvalue weighted by Crippen LogP contribution is -1.99. The minimum atomic E-state index is 0.599. The van der Waals surface area contributed by atoms with Gasteiger partial charge in [0.05, 0.1) is 6.61 Å². The van der Waals surface area contributed by atoms with E-state index in [1.807, 2.05) is 0 Å². The molecule has 1 rings (SSSR count). The predicted octanol–water partition coefficient (Wildman–Crippen LogP) is 1.48. The van der Waals surface area contributed by atoms with Gasteiger partial charge in [0.1, 0.15) is 0 Å². The van der Waals surface area contributed by atoms with Crippen molar-refractivity contribution in [3.05, 3.63) is 18.3 Å². The van der Waals surface area contributed by atoms with Gasteiger partial charge in [-0.1, -0.05) is 22.6 Å². The molecule has 4 heteroatoms. The largest absolute Gasteiger partial charge is 0.477 e. The fourth-order valence-electron chi connectivity index (χ4n) is 0.647. The molecule has 0 aliphatic rings. The molecule has 3 nitrogen and oxygen atoms in total. The van der Waals surface area contributed by atoms with Gasteiger partial charge in [0.25, 0.3) is 0 Å². The third-order valence-corrected chi connectivity index (χ3v) is 1.53. The maximum atomic E-state index is 5.51. The summed E-state index contributed by atoms with van der Waals surface area (Å²) in [5.41, 5.74) is 6.19. The van der Waals surface area contributed by atoms with Crippen LogP contribution in [-0.4, -0.2) is 16.0 Å². The Balaban J connectivity index is 2.56. The van der Waals surface area contributed by atoms with Crippen LogP contribution in [0.5, 0.6) is 5.88 Å². The highest BCUT2D eigenvalue weighted by atomic mass is 127. The number of ether oxygens (including phenoxy) is 1. The summed E-state index contributed by atoms with van der Waals surface area (Å²) >= 11 is 2.24. The Kier molecular flexibility index (Phi) is 3.41. The number of hydrogen-bond acceptors (Lipinski definition) is 3. The molecule has 0 saturated heterocycles. The molecule has 0 aromatic carbocycles. The average Bonchev–Trinajstić information content (AvgIpc) is 2.01. The van der Waals surface area contributed by atoms with Gasteiger partial charge in [0.2, 0.25) is 5.88 Å². The number of hydrogen-bond donors (Lipinski definition) is 1. The maximum absolute atomic E-state index is 5.51. The molecule has 0 fully saturated rings. The molecule has 1 aromatic heterocycles. The van der Waals surface area contributed by atoms with Crippen molar-refractivity contribution in [1.29, 1.82) is 0 Å². The van der Waals surface area contributed by atoms with Crippen LogP contribution in [0, 0.1) is 0 Å². The fraction of sp³-hybridized carbons (Fsp3) is 0.286. The first-order valence-electron chi connectivity index (χ1n) is 3.23. The van der Waals surface area contributed by atoms with Crippen LogP contribution >= 0.6 is 22.6 Å². The van der Waals surface area contributed by atoms with E-state index in [2.05, 4.69) is 27.6 Å². The quantitative estimate of drug-likeness (QED) is 0.664. The molecule has 0 atom stereocenters. The maximum Gasteiger partial charge on any atom is 0.215 e. The number of alkyl halides is 1. The summed E-state index contributed by atoms with van der Waals surface area (Å²) in [6.45, 7) is 0.678. The lowest BCUT2D eigenvalue weighted by molar-refractivity contribution is 0.333. The van der Waals surface area contributed by atoms with Crippen LogP contribution in [0.3, 0.4) is 0 Å². The first-order chi connectivity index (χ1) is 5.33. The Hall–Kier alpha value is -0.520. The molecule has 0 bridgehead atoms. The smallest absolute Gasteiger partial charge is 0.215 e. The second-order valence-electron chi connectivity index (χ2n) is 1.96. The summed E-state index contributed by atoms with van der Waals surface area (Å²) in [7, 11) is 0. The molecule has 1 aromatic rings. The number of rotatable bonds is 3. The molecule has 0 aliphatic carbocycles. The van der Waals surface area contributed by atoms with E-state index >= 15 is 0 Å². The van der Waals surface area contributed by atoms with Gasteiger partial charge >= 0.3 is 0 Å². The van der Waals surface area contributed by atoms with Gasteiger partial charge in [-0.05, 0) is 6.07 Å². The number of halogens is 1. The molecular formula is C7H9IN2O. The van der Waals surface area contributed by atoms with Crippen molar-refractivity contribution in [2.45, 2.75) is 0 Å². The van der Waals surface area contributed by atoms with Crippen molar-refractivity contribution in [1.82, 2.24) is 4.98 Å². The minimum Gasteiger partial charge on any atom is -0.477 e. The van der Waals surface area contributed by atoms with E-state index in [9.17, 15) is 0 Å². The van der Waals surface area contributed by atoms with Gasteiger partial charge in [-0.2, -0.15) is 0 Å². The van der Waals surface area contributed by atoms with Crippen LogP contribution in [0.4, 0.5) is 5.69 Å². The highest BCUT2D eigenvalue weighted by molar-refractivity contribution is 14.1. The van der Waals surface area contributed by atoms with Gasteiger partial charge in [-0.3, -0.25) is 0 Å². The standard InChI is InChI=1S/C7H9IN2O/c8-2-4-11-7-5-6(9)1-3-10-7/h1,3,5H,2,4H2,(H2,9,10). The highest BCUT2D eigenvalue weighted by Crippen LogP contribution is 2.09. The van der Waals surface area contributed by atoms with Crippen LogP contribution in [0.15, 0.2) is 18.3 Å². The van der Waals surface area contributed by atoms with Gasteiger partial charge < -0.3 is 10.5 Å². The first-order valence-corrected chi connectivity index (χ1v) is 4.76. The second-order valence-corrected chi connectivity index (χ2v) is 3.04. The fourth-order valence-corrected chi connectivity index (χ4v) is 0.867. The van der Waals surface area contributed by atoms with E-state index in [0.29, 0.717) is 18.2 Å². The summed E-state index contributed by atoms with van der Waals surface area (Å²) in [4.78, 5) is 3.97. The molecular weight excluding hydrogens is 255 g/mol. The van der Waals surface area contributed by atoms with Crippen molar-refractivity contribution >= 4 is 28.3 Å². The monoisotopic (exact) mass is 264 g/mol. The van der Waals surface area contributed by atoms with Crippen molar-refractivity contribution in [3.8, 4) is 5.88 Å². The first kappa shape index (κ1) is 8.58. The van der Waals surface area contributed by atoms with Crippen LogP contribution in [0.25, 0.3) is 0 Å². The highest BCUT2D eigenvalue weighted by Gasteiger charge is 1.93. The lowest BCUT2D eigenvalue weighted by Gasteiger charge is -2.01. The van der Waals surface area contributed by atoms with E-state index in [1.165, 1.54) is 0 Å². The van der Waals surface area contributed by atoms with Crippen LogP contribution in [0.2, 0.25) is 0 Å². The Bertz CT molecular complexity index is 229. The normalized spacial score (nSPS) is 9.55. The summed E-state index contributed by atoms with van der Waals surface area (Å²) in [5, 5.41) is 0. The molecule has 0 saturated carbocycles. The van der Waals surface area contributed by atoms with Gasteiger partial charge in [-0.25, -0.2) is 4.98 Å². The number of nitrogens with two attached hydrogens (primary N) is 1. The SMILES string of the molecule is Nc1ccnc(OCCI)c1. The summed E-state index contributed by atoms with van der Waals surface area (Å²) in [5.74, 6) is 0.599. The molecule has 0 amide bonds. The van der Waals surface area contributed by atoms with Crippen molar-refractivity contribution in [3.63, 3.8) is 0 Å². The predicted molar refractivity (Wildman–Crippen MR) is 53.0 cm³/mol. The van der Waals surface area contributed by atoms with E-state index in [-0.39, 0.29) is 0 Å². The molecule has 0 aliphatic heterocycles. The van der Waals surface area contributed by atoms with Crippen molar-refractivity contribution < 1.29 is 4.74 Å². The van der Waals surface area contributed by atoms with Crippen LogP contribution in [0.1, 0.15) is 0 Å². The second kappa shape index (κ2) is 4.38. The molecule has 0 spiro atoms. The van der Waals surface area contributed by atoms with Gasteiger partial charge in [0.15, 0.2) is 0 Å². The van der Waals surface area contributed by atoms with E-state index in [1.54, 1.807) is 18.3 Å². The zero-order chi connectivity index (χ0) is 8.10. The zero-order valence-corrected chi connectivity index (χ0v) is 8.11. The summed E-state index contributed by atoms with van der Waals surface area (Å²) < 4.78 is 6.19. The number of anilines is 1. The lowest BCUT2D eigenvalue weighted by atomic mass is 10.4. The Morgan fingerprint density at radius 1 is 1.64 bits per heavy atom. The number of nitrogens with zero attached hydrogens (tertiary/aromatic N) is 1. The molecule has 2 N–H and O–H groups in total. The van der Waals surface area contributed by atoms with Gasteiger partial charge in [-0.15, -0.1) is 0 Å². The number of pyridine rings is 1. The third kappa shape index (κ3) is 2.92. The topological polar surface area (TPSA) is 48.1 Å². The molecule has 60 valence electrons. The van der Waals surface area contributed by atoms with Gasteiger partial charge in [0, 0.05) is 22.4 Å². The molecule has 11 heavy (non-hydrogen) atoms. The Morgan fingerprint density at radius 2 is 2.45 bits per heavy atom. The molecule has 0 radical (unpaired) electrons. The van der Waals surface area contributed by atoms with Crippen LogP contribution in [-0.2, 0) is 0 Å². The molecule has 1 heterocycles. The van der Waals surface area contributed by atoms with Crippen molar-refractivity contribution in [2.75, 3.05) is 16.8 Å². The minimum absolute atomic E-state index is 0.599. The number of nitrogen functional groups attached to an aromatic ring is 1. The summed E-state index contributed by atoms with van der Waals surface area (Å²) in [6, 6.07) is 3.45. The Morgan fingerprint density at radius 3 is 3.09 bits per heavy atom. The van der Waals surface area contributed by atoms with Crippen molar-refractivity contribution in [2.24, 2.45) is 0 Å². The van der Waals surface area contributed by atoms with E-state index in [0.717, 1.165) is 4.43 Å². The van der Waals surface area contributed by atoms with Crippen LogP contribution < -0.4 is 10.5 Å². The Labute approximate surface area is 79.1 Å². The summed E-state index contributed by atoms with van der Waals surface area (Å²) in [6.07, 6.45) is 1.64. The van der Waals surface area contributed by atoms with E-state index in [4.69, 9.17) is 10.5 Å². The third-order valence-electron chi connectivity index (χ3n) is 1.09. The number of aromatic nitrogens is 1.